The second kappa shape index (κ2) is 6.83. The Hall–Kier alpha value is -2.21. The fraction of sp³-hybridized carbons (Fsp3) is 0.400. The third kappa shape index (κ3) is 4.12. The van der Waals surface area contributed by atoms with Crippen molar-refractivity contribution in [2.24, 2.45) is 0 Å². The number of alkyl halides is 3. The van der Waals surface area contributed by atoms with Gasteiger partial charge in [0.2, 0.25) is 0 Å². The molecule has 0 radical (unpaired) electrons. The lowest BCUT2D eigenvalue weighted by atomic mass is 9.79. The van der Waals surface area contributed by atoms with Crippen LogP contribution in [0.15, 0.2) is 41.0 Å². The highest BCUT2D eigenvalue weighted by molar-refractivity contribution is 6.39. The molecule has 1 aliphatic rings. The Morgan fingerprint density at radius 1 is 0.923 bits per heavy atom. The van der Waals surface area contributed by atoms with E-state index in [9.17, 15) is 27.9 Å². The highest BCUT2D eigenvalue weighted by Gasteiger charge is 2.33. The molecule has 1 aromatic carbocycles. The van der Waals surface area contributed by atoms with Crippen molar-refractivity contribution >= 4 is 17.1 Å². The van der Waals surface area contributed by atoms with Crippen LogP contribution < -0.4 is 0 Å². The van der Waals surface area contributed by atoms with Crippen LogP contribution in [0.1, 0.15) is 51.7 Å². The number of rotatable bonds is 4. The predicted octanol–water partition coefficient (Wildman–Crippen LogP) is 4.50. The predicted molar refractivity (Wildman–Crippen MR) is 92.3 cm³/mol. The van der Waals surface area contributed by atoms with Crippen LogP contribution >= 0.6 is 0 Å². The number of hydrogen-bond acceptors (Lipinski definition) is 3. The first kappa shape index (κ1) is 20.1. The number of allylic oxidation sites excluding steroid dienone is 4. The van der Waals surface area contributed by atoms with E-state index >= 15 is 0 Å². The van der Waals surface area contributed by atoms with Crippen LogP contribution in [-0.4, -0.2) is 22.3 Å². The Morgan fingerprint density at radius 3 is 1.92 bits per heavy atom. The molecule has 0 saturated heterocycles. The van der Waals surface area contributed by atoms with Crippen LogP contribution in [0.5, 0.6) is 0 Å². The van der Waals surface area contributed by atoms with Crippen LogP contribution in [0.4, 0.5) is 13.2 Å². The van der Waals surface area contributed by atoms with Crippen molar-refractivity contribution in [3.63, 3.8) is 0 Å². The van der Waals surface area contributed by atoms with Gasteiger partial charge in [0.05, 0.1) is 11.2 Å². The molecule has 0 heterocycles. The van der Waals surface area contributed by atoms with E-state index in [1.807, 2.05) is 0 Å². The van der Waals surface area contributed by atoms with Crippen molar-refractivity contribution in [3.05, 3.63) is 52.1 Å². The molecule has 2 rings (SSSR count). The lowest BCUT2D eigenvalue weighted by Gasteiger charge is -2.23. The molecule has 0 atom stereocenters. The lowest BCUT2D eigenvalue weighted by Crippen LogP contribution is -2.24. The maximum Gasteiger partial charge on any atom is 0.416 e. The number of ketones is 2. The quantitative estimate of drug-likeness (QED) is 0.799. The van der Waals surface area contributed by atoms with Gasteiger partial charge < -0.3 is 5.11 Å². The van der Waals surface area contributed by atoms with Gasteiger partial charge in [-0.2, -0.15) is 13.2 Å². The van der Waals surface area contributed by atoms with Crippen molar-refractivity contribution in [2.45, 2.75) is 52.3 Å². The van der Waals surface area contributed by atoms with E-state index in [4.69, 9.17) is 0 Å². The highest BCUT2D eigenvalue weighted by Crippen LogP contribution is 2.35. The van der Waals surface area contributed by atoms with Crippen molar-refractivity contribution < 1.29 is 27.9 Å². The molecule has 0 saturated carbocycles. The summed E-state index contributed by atoms with van der Waals surface area (Å²) in [5.74, 6) is -0.672. The molecule has 0 spiro atoms. The molecule has 0 bridgehead atoms. The molecule has 6 heteroatoms. The number of carbonyl (C=O) groups is 2. The van der Waals surface area contributed by atoms with Gasteiger partial charge in [0.1, 0.15) is 0 Å². The van der Waals surface area contributed by atoms with Crippen molar-refractivity contribution in [1.82, 2.24) is 0 Å². The summed E-state index contributed by atoms with van der Waals surface area (Å²) in [6.45, 7) is 6.28. The Balaban J connectivity index is 2.42. The second-order valence-corrected chi connectivity index (χ2v) is 7.15. The first-order chi connectivity index (χ1) is 11.8. The maximum absolute atomic E-state index is 12.9. The average molecular weight is 366 g/mol. The van der Waals surface area contributed by atoms with Gasteiger partial charge in [-0.15, -0.1) is 0 Å². The number of Topliss-reactive ketones (excluding diaryl/α,β-unsaturated/α-hetero) is 2. The average Bonchev–Trinajstić information content (AvgIpc) is 2.51. The van der Waals surface area contributed by atoms with Gasteiger partial charge in [0.15, 0.2) is 11.6 Å². The minimum absolute atomic E-state index is 0.125. The molecule has 1 aromatic rings. The van der Waals surface area contributed by atoms with Crippen LogP contribution in [0.25, 0.3) is 5.57 Å². The fourth-order valence-corrected chi connectivity index (χ4v) is 2.93. The third-order valence-electron chi connectivity index (χ3n) is 4.50. The molecule has 1 N–H and O–H groups in total. The standard InChI is InChI=1S/C20H21F3O3/c1-11-15(9-10-19(3,4)26)18(25)16(12(2)17(11)24)13-5-7-14(8-6-13)20(21,22)23/h5-8,26H,9-10H2,1-4H3. The van der Waals surface area contributed by atoms with Crippen LogP contribution in [0, 0.1) is 0 Å². The van der Waals surface area contributed by atoms with Crippen LogP contribution in [0.3, 0.4) is 0 Å². The number of benzene rings is 1. The van der Waals surface area contributed by atoms with Crippen molar-refractivity contribution in [2.75, 3.05) is 0 Å². The minimum atomic E-state index is -4.47. The van der Waals surface area contributed by atoms with Crippen LogP contribution in [0.2, 0.25) is 0 Å². The van der Waals surface area contributed by atoms with Crippen molar-refractivity contribution in [1.29, 1.82) is 0 Å². The first-order valence-corrected chi connectivity index (χ1v) is 8.23. The molecule has 0 amide bonds. The van der Waals surface area contributed by atoms with E-state index in [2.05, 4.69) is 0 Å². The molecule has 0 unspecified atom stereocenters. The van der Waals surface area contributed by atoms with Gasteiger partial charge in [0.25, 0.3) is 0 Å². The van der Waals surface area contributed by atoms with E-state index < -0.39 is 17.3 Å². The molecule has 0 fully saturated rings. The Labute approximate surface area is 150 Å². The van der Waals surface area contributed by atoms with Gasteiger partial charge in [0, 0.05) is 22.3 Å². The Kier molecular flexibility index (Phi) is 5.29. The molecule has 140 valence electrons. The normalized spacial score (nSPS) is 16.6. The summed E-state index contributed by atoms with van der Waals surface area (Å²) in [4.78, 5) is 25.4. The summed E-state index contributed by atoms with van der Waals surface area (Å²) in [5, 5.41) is 9.89. The van der Waals surface area contributed by atoms with E-state index in [-0.39, 0.29) is 41.1 Å². The minimum Gasteiger partial charge on any atom is -0.390 e. The van der Waals surface area contributed by atoms with E-state index in [0.717, 1.165) is 12.1 Å². The summed E-state index contributed by atoms with van der Waals surface area (Å²) in [6, 6.07) is 4.21. The number of carbonyl (C=O) groups excluding carboxylic acids is 2. The molecule has 26 heavy (non-hydrogen) atoms. The molecule has 0 aliphatic heterocycles. The lowest BCUT2D eigenvalue weighted by molar-refractivity contribution is -0.137. The molecule has 0 aromatic heterocycles. The number of aliphatic hydroxyl groups is 1. The SMILES string of the molecule is CC1=C(CCC(C)(C)O)C(=O)C(c2ccc(C(F)(F)F)cc2)=C(C)C1=O. The van der Waals surface area contributed by atoms with Gasteiger partial charge in [-0.25, -0.2) is 0 Å². The zero-order valence-corrected chi connectivity index (χ0v) is 15.1. The fourth-order valence-electron chi connectivity index (χ4n) is 2.93. The summed E-state index contributed by atoms with van der Waals surface area (Å²) >= 11 is 0. The molecule has 1 aliphatic carbocycles. The largest absolute Gasteiger partial charge is 0.416 e. The summed E-state index contributed by atoms with van der Waals surface area (Å²) < 4.78 is 38.2. The first-order valence-electron chi connectivity index (χ1n) is 8.23. The molecular weight excluding hydrogens is 345 g/mol. The molecular formula is C20H21F3O3. The summed E-state index contributed by atoms with van der Waals surface area (Å²) in [7, 11) is 0. The van der Waals surface area contributed by atoms with E-state index in [0.29, 0.717) is 11.1 Å². The monoisotopic (exact) mass is 366 g/mol. The molecule has 3 nitrogen and oxygen atoms in total. The smallest absolute Gasteiger partial charge is 0.390 e. The maximum atomic E-state index is 12.9. The highest BCUT2D eigenvalue weighted by atomic mass is 19.4. The zero-order valence-electron chi connectivity index (χ0n) is 15.1. The van der Waals surface area contributed by atoms with Gasteiger partial charge >= 0.3 is 6.18 Å². The number of halogens is 3. The van der Waals surface area contributed by atoms with E-state index in [1.165, 1.54) is 19.1 Å². The zero-order chi connectivity index (χ0) is 19.9. The Morgan fingerprint density at radius 2 is 1.46 bits per heavy atom. The van der Waals surface area contributed by atoms with Gasteiger partial charge in [-0.1, -0.05) is 12.1 Å². The van der Waals surface area contributed by atoms with Gasteiger partial charge in [-0.05, 0) is 58.2 Å². The van der Waals surface area contributed by atoms with Crippen LogP contribution in [-0.2, 0) is 15.8 Å². The summed E-state index contributed by atoms with van der Waals surface area (Å²) in [6.07, 6.45) is -3.96. The van der Waals surface area contributed by atoms with E-state index in [1.54, 1.807) is 20.8 Å². The van der Waals surface area contributed by atoms with Crippen molar-refractivity contribution in [3.8, 4) is 0 Å². The summed E-state index contributed by atoms with van der Waals surface area (Å²) in [5.41, 5.74) is -0.559. The third-order valence-corrected chi connectivity index (χ3v) is 4.50. The second-order valence-electron chi connectivity index (χ2n) is 7.15. The Bertz CT molecular complexity index is 804. The van der Waals surface area contributed by atoms with Gasteiger partial charge in [-0.3, -0.25) is 9.59 Å². The number of hydrogen-bond donors (Lipinski definition) is 1. The topological polar surface area (TPSA) is 54.4 Å².